The topological polar surface area (TPSA) is 54.7 Å². The van der Waals surface area contributed by atoms with Crippen molar-refractivity contribution in [2.45, 2.75) is 19.5 Å². The minimum Gasteiger partial charge on any atom is -0.382 e. The average molecular weight is 255 g/mol. The normalized spacial score (nSPS) is 11.8. The standard InChI is InChI=1S/C12H12F3N3/c1-2-9-10(17-18-11(9)16)7-3-5-8(6-4-7)12(13,14)15/h3-6H,2H2,1H3,(H3,16,17,18). The molecule has 0 spiro atoms. The van der Waals surface area contributed by atoms with Crippen LogP contribution in [0.3, 0.4) is 0 Å². The number of alkyl halides is 3. The third-order valence-electron chi connectivity index (χ3n) is 2.75. The van der Waals surface area contributed by atoms with Crippen LogP contribution < -0.4 is 5.73 Å². The van der Waals surface area contributed by atoms with E-state index in [1.165, 1.54) is 12.1 Å². The molecule has 1 heterocycles. The Bertz CT molecular complexity index is 541. The van der Waals surface area contributed by atoms with Gasteiger partial charge in [0.25, 0.3) is 0 Å². The predicted molar refractivity (Wildman–Crippen MR) is 62.8 cm³/mol. The zero-order valence-electron chi connectivity index (χ0n) is 9.67. The van der Waals surface area contributed by atoms with Gasteiger partial charge < -0.3 is 5.73 Å². The highest BCUT2D eigenvalue weighted by Crippen LogP contribution is 2.32. The smallest absolute Gasteiger partial charge is 0.382 e. The molecule has 3 nitrogen and oxygen atoms in total. The van der Waals surface area contributed by atoms with Crippen molar-refractivity contribution in [1.82, 2.24) is 10.2 Å². The summed E-state index contributed by atoms with van der Waals surface area (Å²) >= 11 is 0. The van der Waals surface area contributed by atoms with Gasteiger partial charge in [-0.2, -0.15) is 18.3 Å². The van der Waals surface area contributed by atoms with Crippen LogP contribution in [0.15, 0.2) is 24.3 Å². The maximum atomic E-state index is 12.4. The maximum absolute atomic E-state index is 12.4. The Labute approximate surface area is 102 Å². The molecule has 0 aliphatic rings. The molecule has 96 valence electrons. The molecule has 0 aliphatic heterocycles. The Morgan fingerprint density at radius 1 is 1.22 bits per heavy atom. The molecule has 0 aliphatic carbocycles. The van der Waals surface area contributed by atoms with Gasteiger partial charge in [-0.3, -0.25) is 5.10 Å². The summed E-state index contributed by atoms with van der Waals surface area (Å²) in [5.41, 5.74) is 7.12. The van der Waals surface area contributed by atoms with Gasteiger partial charge in [-0.1, -0.05) is 19.1 Å². The molecule has 6 heteroatoms. The number of H-pyrrole nitrogens is 1. The first-order valence-corrected chi connectivity index (χ1v) is 5.43. The molecule has 0 unspecified atom stereocenters. The van der Waals surface area contributed by atoms with E-state index in [0.29, 0.717) is 23.5 Å². The van der Waals surface area contributed by atoms with Crippen LogP contribution in [0.2, 0.25) is 0 Å². The second-order valence-corrected chi connectivity index (χ2v) is 3.89. The summed E-state index contributed by atoms with van der Waals surface area (Å²) in [6.07, 6.45) is -3.65. The number of benzene rings is 1. The van der Waals surface area contributed by atoms with Crippen LogP contribution in [-0.2, 0) is 12.6 Å². The third-order valence-corrected chi connectivity index (χ3v) is 2.75. The van der Waals surface area contributed by atoms with Crippen molar-refractivity contribution in [3.63, 3.8) is 0 Å². The third kappa shape index (κ3) is 2.18. The molecule has 18 heavy (non-hydrogen) atoms. The van der Waals surface area contributed by atoms with Crippen molar-refractivity contribution in [3.05, 3.63) is 35.4 Å². The zero-order chi connectivity index (χ0) is 13.3. The summed E-state index contributed by atoms with van der Waals surface area (Å²) in [6, 6.07) is 4.92. The summed E-state index contributed by atoms with van der Waals surface area (Å²) in [7, 11) is 0. The number of halogens is 3. The maximum Gasteiger partial charge on any atom is 0.416 e. The van der Waals surface area contributed by atoms with E-state index in [1.54, 1.807) is 0 Å². The predicted octanol–water partition coefficient (Wildman–Crippen LogP) is 3.24. The van der Waals surface area contributed by atoms with E-state index in [0.717, 1.165) is 17.7 Å². The number of hydrogen-bond donors (Lipinski definition) is 2. The van der Waals surface area contributed by atoms with Crippen LogP contribution in [0, 0.1) is 0 Å². The fraction of sp³-hybridized carbons (Fsp3) is 0.250. The number of aromatic amines is 1. The van der Waals surface area contributed by atoms with E-state index in [4.69, 9.17) is 5.73 Å². The van der Waals surface area contributed by atoms with E-state index in [9.17, 15) is 13.2 Å². The van der Waals surface area contributed by atoms with Crippen molar-refractivity contribution in [1.29, 1.82) is 0 Å². The lowest BCUT2D eigenvalue weighted by Crippen LogP contribution is -2.04. The molecule has 0 amide bonds. The van der Waals surface area contributed by atoms with Gasteiger partial charge in [-0.05, 0) is 24.1 Å². The van der Waals surface area contributed by atoms with Crippen LogP contribution in [0.5, 0.6) is 0 Å². The Hall–Kier alpha value is -1.98. The fourth-order valence-electron chi connectivity index (χ4n) is 1.80. The second-order valence-electron chi connectivity index (χ2n) is 3.89. The largest absolute Gasteiger partial charge is 0.416 e. The van der Waals surface area contributed by atoms with Crippen molar-refractivity contribution in [2.24, 2.45) is 0 Å². The number of nitrogens with two attached hydrogens (primary N) is 1. The molecule has 2 rings (SSSR count). The summed E-state index contributed by atoms with van der Waals surface area (Å²) in [4.78, 5) is 0. The van der Waals surface area contributed by atoms with Crippen molar-refractivity contribution in [2.75, 3.05) is 5.73 Å². The van der Waals surface area contributed by atoms with Crippen molar-refractivity contribution in [3.8, 4) is 11.3 Å². The first-order valence-electron chi connectivity index (χ1n) is 5.43. The number of aromatic nitrogens is 2. The van der Waals surface area contributed by atoms with E-state index in [2.05, 4.69) is 10.2 Å². The SMILES string of the molecule is CCc1c(N)n[nH]c1-c1ccc(C(F)(F)F)cc1. The van der Waals surface area contributed by atoms with Gasteiger partial charge in [-0.25, -0.2) is 0 Å². The Morgan fingerprint density at radius 3 is 2.33 bits per heavy atom. The average Bonchev–Trinajstić information content (AvgIpc) is 2.69. The van der Waals surface area contributed by atoms with Gasteiger partial charge in [0.05, 0.1) is 11.3 Å². The molecule has 1 aromatic carbocycles. The number of nitrogens with zero attached hydrogens (tertiary/aromatic N) is 1. The Kier molecular flexibility index (Phi) is 3.02. The van der Waals surface area contributed by atoms with E-state index >= 15 is 0 Å². The van der Waals surface area contributed by atoms with Gasteiger partial charge in [0.2, 0.25) is 0 Å². The molecular formula is C12H12F3N3. The van der Waals surface area contributed by atoms with E-state index in [1.807, 2.05) is 6.92 Å². The molecular weight excluding hydrogens is 243 g/mol. The lowest BCUT2D eigenvalue weighted by Gasteiger charge is -2.07. The fourth-order valence-corrected chi connectivity index (χ4v) is 1.80. The lowest BCUT2D eigenvalue weighted by atomic mass is 10.0. The van der Waals surface area contributed by atoms with Crippen LogP contribution in [-0.4, -0.2) is 10.2 Å². The van der Waals surface area contributed by atoms with Crippen LogP contribution in [0.25, 0.3) is 11.3 Å². The Morgan fingerprint density at radius 2 is 1.83 bits per heavy atom. The molecule has 0 saturated carbocycles. The zero-order valence-corrected chi connectivity index (χ0v) is 9.67. The second kappa shape index (κ2) is 4.36. The van der Waals surface area contributed by atoms with Gasteiger partial charge in [-0.15, -0.1) is 0 Å². The first-order chi connectivity index (χ1) is 8.43. The number of nitrogens with one attached hydrogen (secondary N) is 1. The highest BCUT2D eigenvalue weighted by Gasteiger charge is 2.30. The number of anilines is 1. The number of rotatable bonds is 2. The van der Waals surface area contributed by atoms with Gasteiger partial charge >= 0.3 is 6.18 Å². The molecule has 0 atom stereocenters. The van der Waals surface area contributed by atoms with Crippen molar-refractivity contribution >= 4 is 5.82 Å². The minimum absolute atomic E-state index is 0.382. The van der Waals surface area contributed by atoms with E-state index < -0.39 is 11.7 Å². The van der Waals surface area contributed by atoms with Gasteiger partial charge in [0.1, 0.15) is 5.82 Å². The van der Waals surface area contributed by atoms with Crippen molar-refractivity contribution < 1.29 is 13.2 Å². The number of nitrogen functional groups attached to an aromatic ring is 1. The molecule has 3 N–H and O–H groups in total. The number of hydrogen-bond acceptors (Lipinski definition) is 2. The quantitative estimate of drug-likeness (QED) is 0.865. The highest BCUT2D eigenvalue weighted by molar-refractivity contribution is 5.68. The molecule has 1 aromatic heterocycles. The first kappa shape index (κ1) is 12.5. The monoisotopic (exact) mass is 255 g/mol. The summed E-state index contributed by atoms with van der Waals surface area (Å²) in [5.74, 6) is 0.382. The van der Waals surface area contributed by atoms with Crippen LogP contribution in [0.4, 0.5) is 19.0 Å². The molecule has 0 bridgehead atoms. The molecule has 0 saturated heterocycles. The van der Waals surface area contributed by atoms with Crippen LogP contribution in [0.1, 0.15) is 18.1 Å². The van der Waals surface area contributed by atoms with E-state index in [-0.39, 0.29) is 0 Å². The molecule has 0 fully saturated rings. The molecule has 2 aromatic rings. The Balaban J connectivity index is 2.40. The molecule has 0 radical (unpaired) electrons. The summed E-state index contributed by atoms with van der Waals surface area (Å²) in [6.45, 7) is 1.91. The van der Waals surface area contributed by atoms with Crippen LogP contribution >= 0.6 is 0 Å². The lowest BCUT2D eigenvalue weighted by molar-refractivity contribution is -0.137. The summed E-state index contributed by atoms with van der Waals surface area (Å²) in [5, 5.41) is 6.61. The minimum atomic E-state index is -4.32. The van der Waals surface area contributed by atoms with Gasteiger partial charge in [0, 0.05) is 5.56 Å². The van der Waals surface area contributed by atoms with Gasteiger partial charge in [0.15, 0.2) is 0 Å². The summed E-state index contributed by atoms with van der Waals surface area (Å²) < 4.78 is 37.3. The highest BCUT2D eigenvalue weighted by atomic mass is 19.4.